The predicted octanol–water partition coefficient (Wildman–Crippen LogP) is 3.55. The van der Waals surface area contributed by atoms with E-state index in [4.69, 9.17) is 0 Å². The number of hydrogen-bond donors (Lipinski definition) is 1. The standard InChI is InChI=1S/C9H11N.C2H6/c1-3-4-5-9-7-10-6-8(9)2;1-2/h3-7,10H,1H2,2H3;1-2H3/b5-4-;. The molecule has 0 spiro atoms. The van der Waals surface area contributed by atoms with Crippen molar-refractivity contribution in [3.05, 3.63) is 42.3 Å². The zero-order valence-electron chi connectivity index (χ0n) is 8.09. The predicted molar refractivity (Wildman–Crippen MR) is 56.1 cm³/mol. The molecule has 1 heteroatoms. The van der Waals surface area contributed by atoms with Gasteiger partial charge < -0.3 is 4.98 Å². The molecule has 0 aliphatic carbocycles. The Kier molecular flexibility index (Phi) is 5.80. The normalized spacial score (nSPS) is 9.25. The Morgan fingerprint density at radius 1 is 1.33 bits per heavy atom. The molecular weight excluding hydrogens is 146 g/mol. The Hall–Kier alpha value is -1.24. The van der Waals surface area contributed by atoms with Crippen LogP contribution in [-0.4, -0.2) is 4.98 Å². The smallest absolute Gasteiger partial charge is 0.00808 e. The maximum absolute atomic E-state index is 3.59. The lowest BCUT2D eigenvalue weighted by molar-refractivity contribution is 1.39. The summed E-state index contributed by atoms with van der Waals surface area (Å²) < 4.78 is 0. The van der Waals surface area contributed by atoms with Gasteiger partial charge in [0.2, 0.25) is 0 Å². The molecule has 0 aromatic carbocycles. The Morgan fingerprint density at radius 3 is 2.42 bits per heavy atom. The highest BCUT2D eigenvalue weighted by molar-refractivity contribution is 5.53. The summed E-state index contributed by atoms with van der Waals surface area (Å²) in [4.78, 5) is 3.02. The first-order chi connectivity index (χ1) is 5.84. The van der Waals surface area contributed by atoms with Crippen LogP contribution in [0.25, 0.3) is 6.08 Å². The van der Waals surface area contributed by atoms with Crippen LogP contribution in [-0.2, 0) is 0 Å². The van der Waals surface area contributed by atoms with Crippen LogP contribution in [0.4, 0.5) is 0 Å². The molecule has 0 saturated carbocycles. The van der Waals surface area contributed by atoms with E-state index in [1.165, 1.54) is 11.1 Å². The summed E-state index contributed by atoms with van der Waals surface area (Å²) in [5, 5.41) is 0. The molecule has 0 amide bonds. The van der Waals surface area contributed by atoms with E-state index < -0.39 is 0 Å². The van der Waals surface area contributed by atoms with Crippen molar-refractivity contribution >= 4 is 6.08 Å². The molecule has 0 atom stereocenters. The SMILES string of the molecule is C=C/C=C\c1c[nH]cc1C.CC. The highest BCUT2D eigenvalue weighted by Crippen LogP contribution is 2.07. The Bertz CT molecular complexity index is 243. The van der Waals surface area contributed by atoms with E-state index >= 15 is 0 Å². The third-order valence-corrected chi connectivity index (χ3v) is 1.41. The summed E-state index contributed by atoms with van der Waals surface area (Å²) in [6, 6.07) is 0. The second-order valence-corrected chi connectivity index (χ2v) is 2.19. The molecule has 1 rings (SSSR count). The number of H-pyrrole nitrogens is 1. The lowest BCUT2D eigenvalue weighted by Gasteiger charge is -1.85. The largest absolute Gasteiger partial charge is 0.367 e. The molecule has 1 aromatic heterocycles. The average Bonchev–Trinajstić information content (AvgIpc) is 2.51. The van der Waals surface area contributed by atoms with Crippen LogP contribution >= 0.6 is 0 Å². The molecule has 66 valence electrons. The monoisotopic (exact) mass is 163 g/mol. The third-order valence-electron chi connectivity index (χ3n) is 1.41. The van der Waals surface area contributed by atoms with Gasteiger partial charge in [0.25, 0.3) is 0 Å². The van der Waals surface area contributed by atoms with Gasteiger partial charge in [-0.1, -0.05) is 38.7 Å². The van der Waals surface area contributed by atoms with Crippen LogP contribution in [0.5, 0.6) is 0 Å². The fourth-order valence-corrected chi connectivity index (χ4v) is 0.805. The van der Waals surface area contributed by atoms with Crippen LogP contribution in [0.2, 0.25) is 0 Å². The highest BCUT2D eigenvalue weighted by Gasteiger charge is 1.90. The van der Waals surface area contributed by atoms with Crippen molar-refractivity contribution in [3.63, 3.8) is 0 Å². The minimum atomic E-state index is 1.22. The van der Waals surface area contributed by atoms with Crippen molar-refractivity contribution in [2.24, 2.45) is 0 Å². The first-order valence-corrected chi connectivity index (χ1v) is 4.27. The van der Waals surface area contributed by atoms with Gasteiger partial charge in [0.15, 0.2) is 0 Å². The van der Waals surface area contributed by atoms with E-state index in [-0.39, 0.29) is 0 Å². The maximum atomic E-state index is 3.59. The van der Waals surface area contributed by atoms with E-state index in [0.717, 1.165) is 0 Å². The van der Waals surface area contributed by atoms with Crippen molar-refractivity contribution < 1.29 is 0 Å². The number of aromatic nitrogens is 1. The second kappa shape index (κ2) is 6.47. The zero-order chi connectivity index (χ0) is 9.40. The minimum absolute atomic E-state index is 1.22. The lowest BCUT2D eigenvalue weighted by Crippen LogP contribution is -1.66. The molecular formula is C11H17N. The molecule has 1 aromatic rings. The fraction of sp³-hybridized carbons (Fsp3) is 0.273. The zero-order valence-corrected chi connectivity index (χ0v) is 8.09. The van der Waals surface area contributed by atoms with E-state index in [1.54, 1.807) is 6.08 Å². The number of allylic oxidation sites excluding steroid dienone is 2. The lowest BCUT2D eigenvalue weighted by atomic mass is 10.2. The Balaban J connectivity index is 0.000000561. The molecule has 1 heterocycles. The van der Waals surface area contributed by atoms with Gasteiger partial charge in [-0.05, 0) is 18.1 Å². The molecule has 1 N–H and O–H groups in total. The van der Waals surface area contributed by atoms with E-state index in [0.29, 0.717) is 0 Å². The topological polar surface area (TPSA) is 15.8 Å². The molecule has 0 unspecified atom stereocenters. The number of aromatic amines is 1. The first-order valence-electron chi connectivity index (χ1n) is 4.27. The van der Waals surface area contributed by atoms with Crippen molar-refractivity contribution in [1.29, 1.82) is 0 Å². The second-order valence-electron chi connectivity index (χ2n) is 2.19. The summed E-state index contributed by atoms with van der Waals surface area (Å²) in [7, 11) is 0. The highest BCUT2D eigenvalue weighted by atomic mass is 14.6. The van der Waals surface area contributed by atoms with E-state index in [2.05, 4.69) is 18.5 Å². The van der Waals surface area contributed by atoms with Crippen molar-refractivity contribution in [2.45, 2.75) is 20.8 Å². The van der Waals surface area contributed by atoms with Crippen LogP contribution in [0, 0.1) is 6.92 Å². The summed E-state index contributed by atoms with van der Waals surface area (Å²) in [6.45, 7) is 9.66. The molecule has 0 saturated heterocycles. The van der Waals surface area contributed by atoms with Gasteiger partial charge in [0.1, 0.15) is 0 Å². The number of aryl methyl sites for hydroxylation is 1. The molecule has 12 heavy (non-hydrogen) atoms. The maximum Gasteiger partial charge on any atom is 0.00808 e. The number of nitrogens with one attached hydrogen (secondary N) is 1. The summed E-state index contributed by atoms with van der Waals surface area (Å²) in [6.07, 6.45) is 9.67. The van der Waals surface area contributed by atoms with Gasteiger partial charge in [-0.2, -0.15) is 0 Å². The van der Waals surface area contributed by atoms with Crippen molar-refractivity contribution in [2.75, 3.05) is 0 Å². The fourth-order valence-electron chi connectivity index (χ4n) is 0.805. The number of hydrogen-bond acceptors (Lipinski definition) is 0. The molecule has 0 aliphatic heterocycles. The first kappa shape index (κ1) is 10.8. The average molecular weight is 163 g/mol. The van der Waals surface area contributed by atoms with Gasteiger partial charge in [-0.25, -0.2) is 0 Å². The van der Waals surface area contributed by atoms with Gasteiger partial charge >= 0.3 is 0 Å². The van der Waals surface area contributed by atoms with Gasteiger partial charge in [0, 0.05) is 12.4 Å². The molecule has 0 radical (unpaired) electrons. The van der Waals surface area contributed by atoms with Crippen LogP contribution in [0.15, 0.2) is 31.1 Å². The molecule has 1 nitrogen and oxygen atoms in total. The molecule has 0 fully saturated rings. The van der Waals surface area contributed by atoms with Gasteiger partial charge in [-0.15, -0.1) is 0 Å². The quantitative estimate of drug-likeness (QED) is 0.642. The third kappa shape index (κ3) is 3.24. The van der Waals surface area contributed by atoms with E-state index in [9.17, 15) is 0 Å². The summed E-state index contributed by atoms with van der Waals surface area (Å²) in [5.74, 6) is 0. The van der Waals surface area contributed by atoms with E-state index in [1.807, 2.05) is 38.4 Å². The van der Waals surface area contributed by atoms with Crippen LogP contribution in [0.3, 0.4) is 0 Å². The Morgan fingerprint density at radius 2 is 2.00 bits per heavy atom. The van der Waals surface area contributed by atoms with Crippen LogP contribution < -0.4 is 0 Å². The van der Waals surface area contributed by atoms with Crippen molar-refractivity contribution in [1.82, 2.24) is 4.98 Å². The molecule has 0 aliphatic rings. The molecule has 0 bridgehead atoms. The van der Waals surface area contributed by atoms with Gasteiger partial charge in [-0.3, -0.25) is 0 Å². The Labute approximate surface area is 74.8 Å². The van der Waals surface area contributed by atoms with Gasteiger partial charge in [0.05, 0.1) is 0 Å². The van der Waals surface area contributed by atoms with Crippen LogP contribution in [0.1, 0.15) is 25.0 Å². The summed E-state index contributed by atoms with van der Waals surface area (Å²) in [5.41, 5.74) is 2.48. The number of rotatable bonds is 2. The minimum Gasteiger partial charge on any atom is -0.367 e. The van der Waals surface area contributed by atoms with Crippen molar-refractivity contribution in [3.8, 4) is 0 Å². The summed E-state index contributed by atoms with van der Waals surface area (Å²) >= 11 is 0.